The van der Waals surface area contributed by atoms with Crippen molar-refractivity contribution >= 4 is 14.3 Å². The summed E-state index contributed by atoms with van der Waals surface area (Å²) >= 11 is 0. The van der Waals surface area contributed by atoms with Crippen LogP contribution in [0.25, 0.3) is 0 Å². The molecule has 0 aromatic carbocycles. The zero-order valence-corrected chi connectivity index (χ0v) is 22.7. The van der Waals surface area contributed by atoms with E-state index in [0.717, 1.165) is 38.6 Å². The minimum absolute atomic E-state index is 0.0168. The number of urea groups is 1. The lowest BCUT2D eigenvalue weighted by molar-refractivity contribution is 0.240. The van der Waals surface area contributed by atoms with Gasteiger partial charge in [0.1, 0.15) is 0 Å². The Balaban J connectivity index is 3.23. The molecule has 2 amide bonds. The number of hydrogen-bond acceptors (Lipinski definition) is 2. The number of rotatable bonds is 23. The molecule has 0 bridgehead atoms. The minimum Gasteiger partial charge on any atom is -0.418 e. The van der Waals surface area contributed by atoms with Gasteiger partial charge in [0.25, 0.3) is 0 Å². The van der Waals surface area contributed by atoms with E-state index in [0.29, 0.717) is 0 Å². The van der Waals surface area contributed by atoms with Crippen LogP contribution >= 0.6 is 0 Å². The summed E-state index contributed by atoms with van der Waals surface area (Å²) in [5, 5.41) is 5.95. The monoisotopic (exact) mass is 456 g/mol. The van der Waals surface area contributed by atoms with Gasteiger partial charge in [-0.05, 0) is 38.9 Å². The number of carbonyl (C=O) groups excluding carboxylic acids is 1. The van der Waals surface area contributed by atoms with Gasteiger partial charge < -0.3 is 15.1 Å². The van der Waals surface area contributed by atoms with Crippen molar-refractivity contribution < 1.29 is 9.22 Å². The van der Waals surface area contributed by atoms with Crippen LogP contribution in [-0.2, 0) is 4.43 Å². The molecule has 5 heteroatoms. The van der Waals surface area contributed by atoms with E-state index in [-0.39, 0.29) is 6.03 Å². The molecular formula is C26H56N2O2Si. The largest absolute Gasteiger partial charge is 0.418 e. The number of unbranched alkanes of at least 4 members (excludes halogenated alkanes) is 15. The van der Waals surface area contributed by atoms with Gasteiger partial charge in [-0.25, -0.2) is 4.79 Å². The smallest absolute Gasteiger partial charge is 0.314 e. The summed E-state index contributed by atoms with van der Waals surface area (Å²) in [4.78, 5) is 11.8. The molecule has 0 fully saturated rings. The van der Waals surface area contributed by atoms with Crippen LogP contribution in [0.3, 0.4) is 0 Å². The molecule has 0 aliphatic heterocycles. The van der Waals surface area contributed by atoms with Crippen molar-refractivity contribution in [3.8, 4) is 0 Å². The molecule has 0 aliphatic carbocycles. The Labute approximate surface area is 196 Å². The third-order valence-electron chi connectivity index (χ3n) is 6.09. The van der Waals surface area contributed by atoms with Gasteiger partial charge >= 0.3 is 6.03 Å². The fraction of sp³-hybridized carbons (Fsp3) is 0.962. The van der Waals surface area contributed by atoms with E-state index in [2.05, 4.69) is 37.6 Å². The van der Waals surface area contributed by atoms with Gasteiger partial charge in [0.15, 0.2) is 8.32 Å². The Bertz CT molecular complexity index is 392. The molecule has 4 nitrogen and oxygen atoms in total. The predicted molar refractivity (Wildman–Crippen MR) is 139 cm³/mol. The number of carbonyl (C=O) groups is 1. The average molecular weight is 457 g/mol. The Morgan fingerprint density at radius 1 is 0.613 bits per heavy atom. The van der Waals surface area contributed by atoms with E-state index in [1.807, 2.05) is 0 Å². The summed E-state index contributed by atoms with van der Waals surface area (Å²) in [5.41, 5.74) is 0. The maximum Gasteiger partial charge on any atom is 0.314 e. The zero-order chi connectivity index (χ0) is 23.0. The molecule has 31 heavy (non-hydrogen) atoms. The van der Waals surface area contributed by atoms with Crippen molar-refractivity contribution in [2.75, 3.05) is 19.7 Å². The van der Waals surface area contributed by atoms with Crippen molar-refractivity contribution in [2.24, 2.45) is 0 Å². The highest BCUT2D eigenvalue weighted by Crippen LogP contribution is 2.14. The minimum atomic E-state index is -1.51. The van der Waals surface area contributed by atoms with Crippen LogP contribution in [0.2, 0.25) is 19.1 Å². The first kappa shape index (κ1) is 30.4. The number of amides is 2. The van der Waals surface area contributed by atoms with Crippen LogP contribution < -0.4 is 10.6 Å². The summed E-state index contributed by atoms with van der Waals surface area (Å²) < 4.78 is 5.81. The second kappa shape index (κ2) is 22.6. The summed E-state index contributed by atoms with van der Waals surface area (Å²) in [6, 6.07) is 1.08. The number of hydrogen-bond donors (Lipinski definition) is 2. The second-order valence-corrected chi connectivity index (χ2v) is 14.1. The van der Waals surface area contributed by atoms with E-state index in [4.69, 9.17) is 4.43 Å². The third-order valence-corrected chi connectivity index (χ3v) is 8.72. The maximum atomic E-state index is 11.8. The second-order valence-electron chi connectivity index (χ2n) is 9.78. The SMILES string of the molecule is CCCCCCCCCCCCCCCCCCNC(=O)NCCC[Si](C)(C)OCC. The molecule has 186 valence electrons. The standard InChI is InChI=1S/C26H56N2O2Si/c1-5-7-8-9-10-11-12-13-14-15-16-17-18-19-20-21-23-27-26(29)28-24-22-25-31(3,4)30-6-2/h5-25H2,1-4H3,(H2,27,28,29). The van der Waals surface area contributed by atoms with E-state index >= 15 is 0 Å². The van der Waals surface area contributed by atoms with Crippen LogP contribution in [0, 0.1) is 0 Å². The van der Waals surface area contributed by atoms with E-state index in [9.17, 15) is 4.79 Å². The molecule has 0 aromatic rings. The van der Waals surface area contributed by atoms with Gasteiger partial charge in [0, 0.05) is 19.7 Å². The van der Waals surface area contributed by atoms with Crippen LogP contribution in [0.5, 0.6) is 0 Å². The van der Waals surface area contributed by atoms with Gasteiger partial charge in [0.2, 0.25) is 0 Å². The normalized spacial score (nSPS) is 11.6. The zero-order valence-electron chi connectivity index (χ0n) is 21.7. The topological polar surface area (TPSA) is 50.4 Å². The summed E-state index contributed by atoms with van der Waals surface area (Å²) in [7, 11) is -1.51. The predicted octanol–water partition coefficient (Wildman–Crippen LogP) is 8.18. The van der Waals surface area contributed by atoms with Crippen molar-refractivity contribution in [1.82, 2.24) is 10.6 Å². The van der Waals surface area contributed by atoms with E-state index in [1.165, 1.54) is 96.3 Å². The quantitative estimate of drug-likeness (QED) is 0.120. The molecule has 0 aliphatic rings. The highest BCUT2D eigenvalue weighted by Gasteiger charge is 2.20. The van der Waals surface area contributed by atoms with Crippen molar-refractivity contribution in [3.63, 3.8) is 0 Å². The van der Waals surface area contributed by atoms with Crippen LogP contribution in [-0.4, -0.2) is 34.0 Å². The molecule has 0 saturated carbocycles. The van der Waals surface area contributed by atoms with Crippen LogP contribution in [0.15, 0.2) is 0 Å². The Kier molecular flexibility index (Phi) is 22.2. The van der Waals surface area contributed by atoms with Crippen LogP contribution in [0.4, 0.5) is 4.79 Å². The summed E-state index contributed by atoms with van der Waals surface area (Å²) in [6.45, 7) is 11.2. The maximum absolute atomic E-state index is 11.8. The summed E-state index contributed by atoms with van der Waals surface area (Å²) in [6.07, 6.45) is 23.0. The molecule has 0 aromatic heterocycles. The van der Waals surface area contributed by atoms with Crippen molar-refractivity contribution in [1.29, 1.82) is 0 Å². The number of nitrogens with one attached hydrogen (secondary N) is 2. The van der Waals surface area contributed by atoms with Gasteiger partial charge in [-0.2, -0.15) is 0 Å². The lowest BCUT2D eigenvalue weighted by Crippen LogP contribution is -2.37. The van der Waals surface area contributed by atoms with E-state index in [1.54, 1.807) is 0 Å². The average Bonchev–Trinajstić information content (AvgIpc) is 2.73. The third kappa shape index (κ3) is 23.9. The fourth-order valence-electron chi connectivity index (χ4n) is 4.12. The molecule has 0 unspecified atom stereocenters. The van der Waals surface area contributed by atoms with Gasteiger partial charge in [-0.1, -0.05) is 103 Å². The van der Waals surface area contributed by atoms with E-state index < -0.39 is 8.32 Å². The Morgan fingerprint density at radius 3 is 1.42 bits per heavy atom. The lowest BCUT2D eigenvalue weighted by Gasteiger charge is -2.21. The first-order valence-electron chi connectivity index (χ1n) is 13.7. The molecule has 2 N–H and O–H groups in total. The van der Waals surface area contributed by atoms with Crippen molar-refractivity contribution in [2.45, 2.75) is 142 Å². The molecule has 0 spiro atoms. The Morgan fingerprint density at radius 2 is 1.00 bits per heavy atom. The molecule has 0 saturated heterocycles. The Hall–Kier alpha value is -0.553. The van der Waals surface area contributed by atoms with Gasteiger partial charge in [-0.15, -0.1) is 0 Å². The molecule has 0 rings (SSSR count). The lowest BCUT2D eigenvalue weighted by atomic mass is 10.0. The molecule has 0 radical (unpaired) electrons. The molecule has 0 heterocycles. The molecular weight excluding hydrogens is 400 g/mol. The highest BCUT2D eigenvalue weighted by atomic mass is 28.4. The molecule has 0 atom stereocenters. The van der Waals surface area contributed by atoms with Crippen LogP contribution in [0.1, 0.15) is 123 Å². The van der Waals surface area contributed by atoms with Gasteiger partial charge in [-0.3, -0.25) is 0 Å². The first-order valence-corrected chi connectivity index (χ1v) is 16.8. The fourth-order valence-corrected chi connectivity index (χ4v) is 6.07. The first-order chi connectivity index (χ1) is 15.0. The highest BCUT2D eigenvalue weighted by molar-refractivity contribution is 6.71. The van der Waals surface area contributed by atoms with Crippen molar-refractivity contribution in [3.05, 3.63) is 0 Å². The van der Waals surface area contributed by atoms with Gasteiger partial charge in [0.05, 0.1) is 0 Å². The summed E-state index contributed by atoms with van der Waals surface area (Å²) in [5.74, 6) is 0.